The average Bonchev–Trinajstić information content (AvgIpc) is 2.15. The minimum atomic E-state index is 0.200. The van der Waals surface area contributed by atoms with Gasteiger partial charge in [-0.05, 0) is 47.7 Å². The molecule has 1 aromatic rings. The fourth-order valence-electron chi connectivity index (χ4n) is 1.22. The first-order valence-electron chi connectivity index (χ1n) is 5.23. The molecular formula is C12H18INO. The Hall–Kier alpha value is -0.290. The molecule has 0 amide bonds. The van der Waals surface area contributed by atoms with Crippen LogP contribution in [0.25, 0.3) is 0 Å². The Morgan fingerprint density at radius 2 is 2.07 bits per heavy atom. The van der Waals surface area contributed by atoms with Crippen LogP contribution in [0.2, 0.25) is 0 Å². The van der Waals surface area contributed by atoms with Crippen molar-refractivity contribution in [2.45, 2.75) is 32.9 Å². The molecule has 1 aromatic carbocycles. The fourth-order valence-corrected chi connectivity index (χ4v) is 1.73. The summed E-state index contributed by atoms with van der Waals surface area (Å²) < 4.78 is 6.98. The summed E-state index contributed by atoms with van der Waals surface area (Å²) in [5.74, 6) is 0.944. The van der Waals surface area contributed by atoms with Gasteiger partial charge in [0.1, 0.15) is 11.9 Å². The van der Waals surface area contributed by atoms with Crippen LogP contribution in [0.5, 0.6) is 5.75 Å². The van der Waals surface area contributed by atoms with Crippen molar-refractivity contribution in [2.75, 3.05) is 6.54 Å². The van der Waals surface area contributed by atoms with Gasteiger partial charge in [-0.3, -0.25) is 0 Å². The molecule has 2 nitrogen and oxygen atoms in total. The molecule has 0 aromatic heterocycles. The first-order chi connectivity index (χ1) is 7.08. The number of ether oxygens (including phenoxy) is 1. The molecule has 0 radical (unpaired) electrons. The highest BCUT2D eigenvalue weighted by Crippen LogP contribution is 2.15. The van der Waals surface area contributed by atoms with E-state index in [1.807, 2.05) is 18.2 Å². The number of benzene rings is 1. The van der Waals surface area contributed by atoms with E-state index in [1.54, 1.807) is 0 Å². The maximum Gasteiger partial charge on any atom is 0.120 e. The zero-order valence-electron chi connectivity index (χ0n) is 9.46. The summed E-state index contributed by atoms with van der Waals surface area (Å²) in [6.07, 6.45) is 0.200. The number of hydrogen-bond acceptors (Lipinski definition) is 2. The van der Waals surface area contributed by atoms with E-state index in [-0.39, 0.29) is 6.10 Å². The van der Waals surface area contributed by atoms with Crippen molar-refractivity contribution in [3.05, 3.63) is 27.8 Å². The highest BCUT2D eigenvalue weighted by Gasteiger charge is 2.04. The van der Waals surface area contributed by atoms with Crippen molar-refractivity contribution in [1.29, 1.82) is 0 Å². The molecule has 1 atom stereocenters. The second kappa shape index (κ2) is 6.33. The number of hydrogen-bond donors (Lipinski definition) is 1. The van der Waals surface area contributed by atoms with Gasteiger partial charge < -0.3 is 10.1 Å². The molecular weight excluding hydrogens is 301 g/mol. The first kappa shape index (κ1) is 12.8. The molecule has 1 rings (SSSR count). The lowest BCUT2D eigenvalue weighted by molar-refractivity contribution is 0.213. The Morgan fingerprint density at radius 3 is 2.67 bits per heavy atom. The SMILES string of the molecule is CC(C)NCC(C)Oc1cccc(I)c1. The highest BCUT2D eigenvalue weighted by atomic mass is 127. The highest BCUT2D eigenvalue weighted by molar-refractivity contribution is 14.1. The lowest BCUT2D eigenvalue weighted by Gasteiger charge is -2.17. The van der Waals surface area contributed by atoms with Gasteiger partial charge in [0.2, 0.25) is 0 Å². The molecule has 1 N–H and O–H groups in total. The van der Waals surface area contributed by atoms with E-state index in [4.69, 9.17) is 4.74 Å². The molecule has 3 heteroatoms. The minimum absolute atomic E-state index is 0.200. The summed E-state index contributed by atoms with van der Waals surface area (Å²) in [6, 6.07) is 8.62. The molecule has 15 heavy (non-hydrogen) atoms. The van der Waals surface area contributed by atoms with Gasteiger partial charge in [-0.2, -0.15) is 0 Å². The van der Waals surface area contributed by atoms with Crippen LogP contribution in [0.3, 0.4) is 0 Å². The molecule has 0 aliphatic heterocycles. The normalized spacial score (nSPS) is 12.9. The molecule has 0 fully saturated rings. The van der Waals surface area contributed by atoms with Gasteiger partial charge in [0, 0.05) is 16.2 Å². The maximum absolute atomic E-state index is 5.78. The lowest BCUT2D eigenvalue weighted by atomic mass is 10.3. The summed E-state index contributed by atoms with van der Waals surface area (Å²) in [4.78, 5) is 0. The lowest BCUT2D eigenvalue weighted by Crippen LogP contribution is -2.33. The summed E-state index contributed by atoms with van der Waals surface area (Å²) in [5.41, 5.74) is 0. The third-order valence-corrected chi connectivity index (χ3v) is 2.62. The Kier molecular flexibility index (Phi) is 5.39. The zero-order chi connectivity index (χ0) is 11.3. The van der Waals surface area contributed by atoms with Crippen LogP contribution in [0.15, 0.2) is 24.3 Å². The predicted octanol–water partition coefficient (Wildman–Crippen LogP) is 3.06. The Balaban J connectivity index is 2.40. The van der Waals surface area contributed by atoms with Crippen molar-refractivity contribution in [3.8, 4) is 5.75 Å². The topological polar surface area (TPSA) is 21.3 Å². The van der Waals surface area contributed by atoms with E-state index in [1.165, 1.54) is 3.57 Å². The Morgan fingerprint density at radius 1 is 1.33 bits per heavy atom. The van der Waals surface area contributed by atoms with Crippen molar-refractivity contribution in [3.63, 3.8) is 0 Å². The molecule has 1 unspecified atom stereocenters. The van der Waals surface area contributed by atoms with E-state index in [0.29, 0.717) is 6.04 Å². The van der Waals surface area contributed by atoms with Gasteiger partial charge in [-0.25, -0.2) is 0 Å². The third kappa shape index (κ3) is 5.37. The molecule has 0 saturated carbocycles. The Labute approximate surface area is 106 Å². The largest absolute Gasteiger partial charge is 0.489 e. The number of rotatable bonds is 5. The molecule has 0 aliphatic carbocycles. The van der Waals surface area contributed by atoms with Crippen LogP contribution in [0, 0.1) is 3.57 Å². The van der Waals surface area contributed by atoms with Gasteiger partial charge in [0.15, 0.2) is 0 Å². The smallest absolute Gasteiger partial charge is 0.120 e. The van der Waals surface area contributed by atoms with Gasteiger partial charge in [0.25, 0.3) is 0 Å². The van der Waals surface area contributed by atoms with Crippen LogP contribution < -0.4 is 10.1 Å². The van der Waals surface area contributed by atoms with Crippen LogP contribution in [0.4, 0.5) is 0 Å². The van der Waals surface area contributed by atoms with Crippen LogP contribution in [-0.2, 0) is 0 Å². The van der Waals surface area contributed by atoms with E-state index >= 15 is 0 Å². The van der Waals surface area contributed by atoms with E-state index in [9.17, 15) is 0 Å². The van der Waals surface area contributed by atoms with Crippen LogP contribution in [-0.4, -0.2) is 18.7 Å². The van der Waals surface area contributed by atoms with Gasteiger partial charge in [0.05, 0.1) is 0 Å². The standard InChI is InChI=1S/C12H18INO/c1-9(2)14-8-10(3)15-12-6-4-5-11(13)7-12/h4-7,9-10,14H,8H2,1-3H3. The van der Waals surface area contributed by atoms with Gasteiger partial charge >= 0.3 is 0 Å². The van der Waals surface area contributed by atoms with Gasteiger partial charge in [-0.1, -0.05) is 19.9 Å². The van der Waals surface area contributed by atoms with Crippen LogP contribution in [0.1, 0.15) is 20.8 Å². The second-order valence-electron chi connectivity index (χ2n) is 3.95. The quantitative estimate of drug-likeness (QED) is 0.842. The monoisotopic (exact) mass is 319 g/mol. The Bertz CT molecular complexity index is 301. The van der Waals surface area contributed by atoms with Crippen molar-refractivity contribution in [1.82, 2.24) is 5.32 Å². The van der Waals surface area contributed by atoms with Crippen molar-refractivity contribution >= 4 is 22.6 Å². The van der Waals surface area contributed by atoms with Crippen molar-refractivity contribution in [2.24, 2.45) is 0 Å². The average molecular weight is 319 g/mol. The van der Waals surface area contributed by atoms with E-state index < -0.39 is 0 Å². The number of halogens is 1. The first-order valence-corrected chi connectivity index (χ1v) is 6.31. The molecule has 0 heterocycles. The van der Waals surface area contributed by atoms with Gasteiger partial charge in [-0.15, -0.1) is 0 Å². The maximum atomic E-state index is 5.78. The fraction of sp³-hybridized carbons (Fsp3) is 0.500. The van der Waals surface area contributed by atoms with Crippen LogP contribution >= 0.6 is 22.6 Å². The van der Waals surface area contributed by atoms with E-state index in [0.717, 1.165) is 12.3 Å². The van der Waals surface area contributed by atoms with Crippen molar-refractivity contribution < 1.29 is 4.74 Å². The summed E-state index contributed by atoms with van der Waals surface area (Å²) in [6.45, 7) is 7.23. The molecule has 0 bridgehead atoms. The predicted molar refractivity (Wildman–Crippen MR) is 72.4 cm³/mol. The molecule has 0 spiro atoms. The molecule has 0 saturated heterocycles. The third-order valence-electron chi connectivity index (χ3n) is 1.95. The summed E-state index contributed by atoms with van der Waals surface area (Å²) >= 11 is 2.29. The molecule has 84 valence electrons. The zero-order valence-corrected chi connectivity index (χ0v) is 11.6. The number of nitrogens with one attached hydrogen (secondary N) is 1. The second-order valence-corrected chi connectivity index (χ2v) is 5.19. The summed E-state index contributed by atoms with van der Waals surface area (Å²) in [5, 5.41) is 3.35. The minimum Gasteiger partial charge on any atom is -0.489 e. The molecule has 0 aliphatic rings. The summed E-state index contributed by atoms with van der Waals surface area (Å²) in [7, 11) is 0. The van der Waals surface area contributed by atoms with E-state index in [2.05, 4.69) is 54.7 Å².